The van der Waals surface area contributed by atoms with E-state index in [1.165, 1.54) is 32.1 Å². The van der Waals surface area contributed by atoms with Crippen LogP contribution in [0.15, 0.2) is 0 Å². The largest absolute Gasteiger partial charge is 0.438 e. The Kier molecular flexibility index (Phi) is 7.39. The van der Waals surface area contributed by atoms with E-state index in [9.17, 15) is 4.79 Å². The Labute approximate surface area is 116 Å². The van der Waals surface area contributed by atoms with E-state index in [4.69, 9.17) is 14.2 Å². The minimum atomic E-state index is -0.429. The number of ether oxygens (including phenoxy) is 3. The molecule has 4 heteroatoms. The van der Waals surface area contributed by atoms with Crippen molar-refractivity contribution in [2.24, 2.45) is 5.41 Å². The molecule has 0 spiro atoms. The predicted molar refractivity (Wildman–Crippen MR) is 73.8 cm³/mol. The van der Waals surface area contributed by atoms with E-state index in [0.29, 0.717) is 19.3 Å². The summed E-state index contributed by atoms with van der Waals surface area (Å²) >= 11 is 0. The molecule has 1 rings (SSSR count). The van der Waals surface area contributed by atoms with Gasteiger partial charge in [-0.3, -0.25) is 4.79 Å². The maximum Gasteiger partial charge on any atom is 0.313 e. The molecule has 0 unspecified atom stereocenters. The molecule has 0 bridgehead atoms. The Morgan fingerprint density at radius 1 is 1.16 bits per heavy atom. The molecule has 0 saturated heterocycles. The van der Waals surface area contributed by atoms with Crippen LogP contribution in [0.5, 0.6) is 0 Å². The normalized spacial score (nSPS) is 17.4. The zero-order valence-electron chi connectivity index (χ0n) is 12.6. The average Bonchev–Trinajstić information content (AvgIpc) is 2.43. The van der Waals surface area contributed by atoms with Crippen LogP contribution in [-0.2, 0) is 19.0 Å². The van der Waals surface area contributed by atoms with Crippen molar-refractivity contribution in [2.75, 3.05) is 20.0 Å². The highest BCUT2D eigenvalue weighted by Crippen LogP contribution is 2.21. The van der Waals surface area contributed by atoms with E-state index in [0.717, 1.165) is 6.42 Å². The van der Waals surface area contributed by atoms with Gasteiger partial charge in [-0.2, -0.15) is 0 Å². The molecule has 0 aromatic heterocycles. The van der Waals surface area contributed by atoms with Gasteiger partial charge in [0.2, 0.25) is 0 Å². The highest BCUT2D eigenvalue weighted by molar-refractivity contribution is 5.75. The number of hydrogen-bond donors (Lipinski definition) is 0. The van der Waals surface area contributed by atoms with Gasteiger partial charge in [-0.25, -0.2) is 0 Å². The first kappa shape index (κ1) is 16.4. The number of carbonyl (C=O) groups is 1. The van der Waals surface area contributed by atoms with Crippen molar-refractivity contribution < 1.29 is 19.0 Å². The molecule has 1 fully saturated rings. The second-order valence-corrected chi connectivity index (χ2v) is 5.83. The lowest BCUT2D eigenvalue weighted by Crippen LogP contribution is -2.27. The van der Waals surface area contributed by atoms with Crippen LogP contribution in [-0.4, -0.2) is 32.1 Å². The second-order valence-electron chi connectivity index (χ2n) is 5.83. The van der Waals surface area contributed by atoms with Gasteiger partial charge in [0.05, 0.1) is 24.7 Å². The molecule has 4 nitrogen and oxygen atoms in total. The number of esters is 1. The van der Waals surface area contributed by atoms with Crippen LogP contribution >= 0.6 is 0 Å². The Bertz CT molecular complexity index is 257. The van der Waals surface area contributed by atoms with E-state index in [1.807, 2.05) is 20.8 Å². The Hall–Kier alpha value is -0.610. The minimum absolute atomic E-state index is 0.0241. The van der Waals surface area contributed by atoms with Crippen molar-refractivity contribution >= 4 is 5.97 Å². The summed E-state index contributed by atoms with van der Waals surface area (Å²) in [7, 11) is 0. The quantitative estimate of drug-likeness (QED) is 0.386. The van der Waals surface area contributed by atoms with E-state index in [2.05, 4.69) is 0 Å². The highest BCUT2D eigenvalue weighted by Gasteiger charge is 2.26. The van der Waals surface area contributed by atoms with Crippen LogP contribution in [0.3, 0.4) is 0 Å². The van der Waals surface area contributed by atoms with Crippen LogP contribution in [0.25, 0.3) is 0 Å². The summed E-state index contributed by atoms with van der Waals surface area (Å²) in [6, 6.07) is 0. The summed E-state index contributed by atoms with van der Waals surface area (Å²) in [6.45, 7) is 6.81. The molecular weight excluding hydrogens is 244 g/mol. The van der Waals surface area contributed by atoms with Crippen molar-refractivity contribution in [1.29, 1.82) is 0 Å². The SMILES string of the molecule is CCC(C)(C)C(=O)OCOCCOC1CCCCC1. The average molecular weight is 272 g/mol. The Balaban J connectivity index is 1.97. The molecule has 0 N–H and O–H groups in total. The molecule has 0 radical (unpaired) electrons. The minimum Gasteiger partial charge on any atom is -0.438 e. The van der Waals surface area contributed by atoms with Crippen molar-refractivity contribution in [3.05, 3.63) is 0 Å². The van der Waals surface area contributed by atoms with Crippen molar-refractivity contribution in [2.45, 2.75) is 65.4 Å². The summed E-state index contributed by atoms with van der Waals surface area (Å²) in [5.41, 5.74) is -0.429. The molecule has 0 amide bonds. The molecule has 1 aliphatic carbocycles. The zero-order valence-corrected chi connectivity index (χ0v) is 12.6. The van der Waals surface area contributed by atoms with E-state index in [-0.39, 0.29) is 12.8 Å². The standard InChI is InChI=1S/C15H28O4/c1-4-15(2,3)14(16)19-12-17-10-11-18-13-8-6-5-7-9-13/h13H,4-12H2,1-3H3. The molecule has 1 saturated carbocycles. The third kappa shape index (κ3) is 6.39. The lowest BCUT2D eigenvalue weighted by Gasteiger charge is -2.22. The van der Waals surface area contributed by atoms with Gasteiger partial charge < -0.3 is 14.2 Å². The molecule has 0 aromatic rings. The van der Waals surface area contributed by atoms with Gasteiger partial charge in [0.1, 0.15) is 0 Å². The van der Waals surface area contributed by atoms with E-state index < -0.39 is 5.41 Å². The number of rotatable bonds is 8. The van der Waals surface area contributed by atoms with Gasteiger partial charge in [0, 0.05) is 0 Å². The fourth-order valence-corrected chi connectivity index (χ4v) is 2.00. The second kappa shape index (κ2) is 8.54. The summed E-state index contributed by atoms with van der Waals surface area (Å²) in [5, 5.41) is 0. The first-order chi connectivity index (χ1) is 9.06. The molecular formula is C15H28O4. The van der Waals surface area contributed by atoms with E-state index in [1.54, 1.807) is 0 Å². The van der Waals surface area contributed by atoms with Crippen molar-refractivity contribution in [3.8, 4) is 0 Å². The summed E-state index contributed by atoms with van der Waals surface area (Å²) < 4.78 is 16.1. The lowest BCUT2D eigenvalue weighted by molar-refractivity contribution is -0.168. The van der Waals surface area contributed by atoms with E-state index >= 15 is 0 Å². The number of hydrogen-bond acceptors (Lipinski definition) is 4. The Morgan fingerprint density at radius 3 is 2.47 bits per heavy atom. The molecule has 0 aromatic carbocycles. The molecule has 0 atom stereocenters. The van der Waals surface area contributed by atoms with Gasteiger partial charge >= 0.3 is 5.97 Å². The van der Waals surface area contributed by atoms with Gasteiger partial charge in [-0.1, -0.05) is 26.2 Å². The topological polar surface area (TPSA) is 44.8 Å². The van der Waals surface area contributed by atoms with Gasteiger partial charge in [0.25, 0.3) is 0 Å². The highest BCUT2D eigenvalue weighted by atomic mass is 16.7. The fourth-order valence-electron chi connectivity index (χ4n) is 2.00. The summed E-state index contributed by atoms with van der Waals surface area (Å²) in [4.78, 5) is 11.6. The van der Waals surface area contributed by atoms with Crippen LogP contribution < -0.4 is 0 Å². The third-order valence-corrected chi connectivity index (χ3v) is 3.84. The maximum absolute atomic E-state index is 11.6. The predicted octanol–water partition coefficient (Wildman–Crippen LogP) is 3.29. The van der Waals surface area contributed by atoms with Crippen LogP contribution in [0.2, 0.25) is 0 Å². The van der Waals surface area contributed by atoms with Crippen LogP contribution in [0.1, 0.15) is 59.3 Å². The van der Waals surface area contributed by atoms with Crippen molar-refractivity contribution in [1.82, 2.24) is 0 Å². The van der Waals surface area contributed by atoms with Crippen molar-refractivity contribution in [3.63, 3.8) is 0 Å². The molecule has 0 heterocycles. The van der Waals surface area contributed by atoms with Gasteiger partial charge in [-0.05, 0) is 33.1 Å². The maximum atomic E-state index is 11.6. The summed E-state index contributed by atoms with van der Waals surface area (Å²) in [6.07, 6.45) is 7.37. The molecule has 19 heavy (non-hydrogen) atoms. The summed E-state index contributed by atoms with van der Waals surface area (Å²) in [5.74, 6) is -0.205. The Morgan fingerprint density at radius 2 is 1.84 bits per heavy atom. The van der Waals surface area contributed by atoms with Gasteiger partial charge in [-0.15, -0.1) is 0 Å². The lowest BCUT2D eigenvalue weighted by atomic mass is 9.91. The van der Waals surface area contributed by atoms with Crippen LogP contribution in [0.4, 0.5) is 0 Å². The molecule has 112 valence electrons. The first-order valence-corrected chi connectivity index (χ1v) is 7.43. The molecule has 0 aliphatic heterocycles. The smallest absolute Gasteiger partial charge is 0.313 e. The first-order valence-electron chi connectivity index (χ1n) is 7.43. The van der Waals surface area contributed by atoms with Crippen LogP contribution in [0, 0.1) is 5.41 Å². The van der Waals surface area contributed by atoms with Gasteiger partial charge in [0.15, 0.2) is 6.79 Å². The third-order valence-electron chi connectivity index (χ3n) is 3.84. The monoisotopic (exact) mass is 272 g/mol. The molecule has 1 aliphatic rings. The fraction of sp³-hybridized carbons (Fsp3) is 0.933. The zero-order chi connectivity index (χ0) is 14.1. The number of carbonyl (C=O) groups excluding carboxylic acids is 1.